The third-order valence-electron chi connectivity index (χ3n) is 3.95. The summed E-state index contributed by atoms with van der Waals surface area (Å²) < 4.78 is 13.3. The van der Waals surface area contributed by atoms with Crippen LogP contribution in [0.25, 0.3) is 0 Å². The van der Waals surface area contributed by atoms with E-state index < -0.39 is 16.4 Å². The van der Waals surface area contributed by atoms with E-state index in [2.05, 4.69) is 12.2 Å². The van der Waals surface area contributed by atoms with Crippen LogP contribution < -0.4 is 5.32 Å². The predicted octanol–water partition coefficient (Wildman–Crippen LogP) is 4.17. The zero-order valence-corrected chi connectivity index (χ0v) is 13.3. The molecule has 120 valence electrons. The Morgan fingerprint density at radius 3 is 2.96 bits per heavy atom. The first-order valence-electron chi connectivity index (χ1n) is 7.31. The number of fused-ring (bicyclic) bond motifs is 1. The summed E-state index contributed by atoms with van der Waals surface area (Å²) >= 11 is 1.46. The van der Waals surface area contributed by atoms with E-state index in [1.165, 1.54) is 27.8 Å². The molecule has 0 aliphatic heterocycles. The molecule has 0 spiro atoms. The van der Waals surface area contributed by atoms with Crippen molar-refractivity contribution in [1.29, 1.82) is 0 Å². The summed E-state index contributed by atoms with van der Waals surface area (Å²) in [6, 6.07) is 5.22. The van der Waals surface area contributed by atoms with E-state index >= 15 is 0 Å². The second-order valence-electron chi connectivity index (χ2n) is 5.78. The number of hydrogen-bond acceptors (Lipinski definition) is 4. The van der Waals surface area contributed by atoms with Crippen LogP contribution in [-0.4, -0.2) is 10.8 Å². The van der Waals surface area contributed by atoms with Gasteiger partial charge in [0.15, 0.2) is 0 Å². The quantitative estimate of drug-likeness (QED) is 0.676. The number of nitrogens with one attached hydrogen (secondary N) is 1. The zero-order chi connectivity index (χ0) is 16.6. The second-order valence-corrected chi connectivity index (χ2v) is 6.92. The number of anilines is 1. The molecule has 1 heterocycles. The van der Waals surface area contributed by atoms with Gasteiger partial charge in [0.05, 0.1) is 9.80 Å². The summed E-state index contributed by atoms with van der Waals surface area (Å²) in [4.78, 5) is 24.1. The summed E-state index contributed by atoms with van der Waals surface area (Å²) in [7, 11) is 0. The van der Waals surface area contributed by atoms with Crippen molar-refractivity contribution < 1.29 is 14.1 Å². The van der Waals surface area contributed by atoms with Crippen molar-refractivity contribution in [1.82, 2.24) is 0 Å². The highest BCUT2D eigenvalue weighted by Crippen LogP contribution is 2.32. The lowest BCUT2D eigenvalue weighted by Crippen LogP contribution is -2.10. The average molecular weight is 334 g/mol. The number of carbonyl (C=O) groups is 1. The Hall–Kier alpha value is -2.28. The molecule has 23 heavy (non-hydrogen) atoms. The minimum absolute atomic E-state index is 0.211. The van der Waals surface area contributed by atoms with Crippen LogP contribution in [0.3, 0.4) is 0 Å². The molecule has 1 aliphatic rings. The van der Waals surface area contributed by atoms with Gasteiger partial charge in [-0.3, -0.25) is 14.9 Å². The standard InChI is InChI=1S/C16H15FN2O3S/c1-9-2-5-14-10(6-9)7-15(23-14)16(20)18-11-3-4-12(17)13(8-11)19(21)22/h3-4,7-9H,2,5-6H2,1H3,(H,18,20)/t9-/m0/s1. The van der Waals surface area contributed by atoms with Crippen molar-refractivity contribution in [3.05, 3.63) is 55.5 Å². The van der Waals surface area contributed by atoms with Crippen LogP contribution in [0.2, 0.25) is 0 Å². The third kappa shape index (κ3) is 3.24. The third-order valence-corrected chi connectivity index (χ3v) is 5.19. The second kappa shape index (κ2) is 6.08. The topological polar surface area (TPSA) is 72.2 Å². The van der Waals surface area contributed by atoms with E-state index in [-0.39, 0.29) is 11.6 Å². The van der Waals surface area contributed by atoms with E-state index in [0.29, 0.717) is 10.8 Å². The molecular weight excluding hydrogens is 319 g/mol. The molecule has 3 rings (SSSR count). The van der Waals surface area contributed by atoms with Crippen LogP contribution in [0, 0.1) is 21.8 Å². The smallest absolute Gasteiger partial charge is 0.306 e. The monoisotopic (exact) mass is 334 g/mol. The first-order valence-corrected chi connectivity index (χ1v) is 8.12. The molecule has 2 aromatic rings. The molecule has 0 bridgehead atoms. The molecule has 1 aromatic carbocycles. The summed E-state index contributed by atoms with van der Waals surface area (Å²) in [5, 5.41) is 13.3. The van der Waals surface area contributed by atoms with Crippen molar-refractivity contribution >= 4 is 28.6 Å². The van der Waals surface area contributed by atoms with Gasteiger partial charge in [0.2, 0.25) is 5.82 Å². The molecule has 1 aromatic heterocycles. The van der Waals surface area contributed by atoms with Gasteiger partial charge < -0.3 is 5.32 Å². The van der Waals surface area contributed by atoms with E-state index in [9.17, 15) is 19.3 Å². The molecule has 0 saturated heterocycles. The Bertz CT molecular complexity index is 788. The fourth-order valence-electron chi connectivity index (χ4n) is 2.74. The summed E-state index contributed by atoms with van der Waals surface area (Å²) in [6.07, 6.45) is 3.08. The van der Waals surface area contributed by atoms with E-state index in [0.717, 1.165) is 31.4 Å². The summed E-state index contributed by atoms with van der Waals surface area (Å²) in [5.41, 5.74) is 0.772. The number of thiophene rings is 1. The van der Waals surface area contributed by atoms with Gasteiger partial charge in [-0.15, -0.1) is 11.3 Å². The minimum atomic E-state index is -0.923. The molecule has 1 aliphatic carbocycles. The van der Waals surface area contributed by atoms with Crippen molar-refractivity contribution in [3.63, 3.8) is 0 Å². The van der Waals surface area contributed by atoms with Gasteiger partial charge in [0.1, 0.15) is 0 Å². The Kier molecular flexibility index (Phi) is 4.12. The molecule has 1 amide bonds. The Labute approximate surface area is 136 Å². The summed E-state index contributed by atoms with van der Waals surface area (Å²) in [6.45, 7) is 2.19. The number of nitro benzene ring substituents is 1. The number of nitro groups is 1. The molecule has 7 heteroatoms. The van der Waals surface area contributed by atoms with Crippen LogP contribution in [-0.2, 0) is 12.8 Å². The number of aryl methyl sites for hydroxylation is 1. The number of benzene rings is 1. The van der Waals surface area contributed by atoms with Gasteiger partial charge in [-0.1, -0.05) is 6.92 Å². The molecule has 0 saturated carbocycles. The zero-order valence-electron chi connectivity index (χ0n) is 12.5. The lowest BCUT2D eigenvalue weighted by atomic mass is 9.90. The van der Waals surface area contributed by atoms with Crippen molar-refractivity contribution in [2.45, 2.75) is 26.2 Å². The molecule has 0 fully saturated rings. The number of carbonyl (C=O) groups excluding carboxylic acids is 1. The van der Waals surface area contributed by atoms with Crippen LogP contribution >= 0.6 is 11.3 Å². The predicted molar refractivity (Wildman–Crippen MR) is 86.5 cm³/mol. The maximum atomic E-state index is 13.3. The minimum Gasteiger partial charge on any atom is -0.321 e. The Morgan fingerprint density at radius 2 is 2.22 bits per heavy atom. The Balaban J connectivity index is 1.80. The number of nitrogens with zero attached hydrogens (tertiary/aromatic N) is 1. The highest BCUT2D eigenvalue weighted by Gasteiger charge is 2.21. The lowest BCUT2D eigenvalue weighted by molar-refractivity contribution is -0.387. The fourth-order valence-corrected chi connectivity index (χ4v) is 3.84. The molecule has 0 unspecified atom stereocenters. The number of halogens is 1. The van der Waals surface area contributed by atoms with E-state index in [1.807, 2.05) is 6.07 Å². The normalized spacial score (nSPS) is 16.7. The first-order chi connectivity index (χ1) is 10.9. The highest BCUT2D eigenvalue weighted by atomic mass is 32.1. The summed E-state index contributed by atoms with van der Waals surface area (Å²) in [5.74, 6) is -0.626. The van der Waals surface area contributed by atoms with Crippen molar-refractivity contribution in [3.8, 4) is 0 Å². The van der Waals surface area contributed by atoms with E-state index in [4.69, 9.17) is 0 Å². The maximum absolute atomic E-state index is 13.3. The van der Waals surface area contributed by atoms with Crippen LogP contribution in [0.5, 0.6) is 0 Å². The van der Waals surface area contributed by atoms with Crippen molar-refractivity contribution in [2.24, 2.45) is 5.92 Å². The highest BCUT2D eigenvalue weighted by molar-refractivity contribution is 7.14. The van der Waals surface area contributed by atoms with Gasteiger partial charge in [-0.05, 0) is 48.9 Å². The van der Waals surface area contributed by atoms with Gasteiger partial charge in [-0.25, -0.2) is 0 Å². The lowest BCUT2D eigenvalue weighted by Gasteiger charge is -2.16. The van der Waals surface area contributed by atoms with Crippen LogP contribution in [0.1, 0.15) is 33.5 Å². The van der Waals surface area contributed by atoms with Crippen LogP contribution in [0.15, 0.2) is 24.3 Å². The number of rotatable bonds is 3. The van der Waals surface area contributed by atoms with Crippen molar-refractivity contribution in [2.75, 3.05) is 5.32 Å². The number of hydrogen-bond donors (Lipinski definition) is 1. The van der Waals surface area contributed by atoms with Crippen LogP contribution in [0.4, 0.5) is 15.8 Å². The van der Waals surface area contributed by atoms with Gasteiger partial charge in [0.25, 0.3) is 5.91 Å². The molecule has 5 nitrogen and oxygen atoms in total. The van der Waals surface area contributed by atoms with E-state index in [1.54, 1.807) is 0 Å². The fraction of sp³-hybridized carbons (Fsp3) is 0.312. The Morgan fingerprint density at radius 1 is 1.43 bits per heavy atom. The van der Waals surface area contributed by atoms with Gasteiger partial charge >= 0.3 is 5.69 Å². The average Bonchev–Trinajstić information content (AvgIpc) is 2.92. The first kappa shape index (κ1) is 15.6. The molecule has 1 N–H and O–H groups in total. The van der Waals surface area contributed by atoms with Gasteiger partial charge in [0, 0.05) is 16.6 Å². The largest absolute Gasteiger partial charge is 0.321 e. The SMILES string of the molecule is C[C@H]1CCc2sc(C(=O)Nc3ccc(F)c([N+](=O)[O-])c3)cc2C1. The van der Waals surface area contributed by atoms with Gasteiger partial charge in [-0.2, -0.15) is 4.39 Å². The molecular formula is C16H15FN2O3S. The maximum Gasteiger partial charge on any atom is 0.306 e. The number of amides is 1. The molecule has 1 atom stereocenters. The molecule has 0 radical (unpaired) electrons.